The van der Waals surface area contributed by atoms with Crippen molar-refractivity contribution in [1.82, 2.24) is 4.57 Å². The summed E-state index contributed by atoms with van der Waals surface area (Å²) in [5.41, 5.74) is 3.07. The second-order valence-electron chi connectivity index (χ2n) is 5.21. The van der Waals surface area contributed by atoms with Gasteiger partial charge in [-0.1, -0.05) is 30.3 Å². The van der Waals surface area contributed by atoms with Gasteiger partial charge in [-0.15, -0.1) is 0 Å². The van der Waals surface area contributed by atoms with Crippen LogP contribution < -0.4 is 0 Å². The average molecular weight is 304 g/mol. The highest BCUT2D eigenvalue weighted by atomic mass is 16.5. The summed E-state index contributed by atoms with van der Waals surface area (Å²) in [5.74, 6) is -0.333. The van der Waals surface area contributed by atoms with Gasteiger partial charge in [0.2, 0.25) is 0 Å². The predicted molar refractivity (Wildman–Crippen MR) is 88.2 cm³/mol. The van der Waals surface area contributed by atoms with Crippen molar-refractivity contribution in [1.29, 1.82) is 5.26 Å². The summed E-state index contributed by atoms with van der Waals surface area (Å²) in [6, 6.07) is 19.2. The van der Waals surface area contributed by atoms with E-state index >= 15 is 0 Å². The van der Waals surface area contributed by atoms with Crippen LogP contribution in [-0.2, 0) is 11.3 Å². The van der Waals surface area contributed by atoms with E-state index in [2.05, 4.69) is 6.07 Å². The maximum atomic E-state index is 12.3. The number of nitrogens with zero attached hydrogens (tertiary/aromatic N) is 2. The Kier molecular flexibility index (Phi) is 4.11. The van der Waals surface area contributed by atoms with E-state index in [9.17, 15) is 4.79 Å². The molecule has 1 heterocycles. The highest BCUT2D eigenvalue weighted by molar-refractivity contribution is 5.95. The second-order valence-corrected chi connectivity index (χ2v) is 5.21. The zero-order chi connectivity index (χ0) is 16.2. The number of hydrogen-bond donors (Lipinski definition) is 0. The molecule has 4 heteroatoms. The van der Waals surface area contributed by atoms with Gasteiger partial charge in [-0.25, -0.2) is 4.79 Å². The molecule has 0 aliphatic heterocycles. The van der Waals surface area contributed by atoms with E-state index in [-0.39, 0.29) is 5.97 Å². The molecule has 0 fully saturated rings. The van der Waals surface area contributed by atoms with Crippen LogP contribution in [0.3, 0.4) is 0 Å². The minimum Gasteiger partial charge on any atom is -0.461 e. The van der Waals surface area contributed by atoms with Crippen molar-refractivity contribution in [3.63, 3.8) is 0 Å². The standard InChI is InChI=1S/C19H16N2O2/c1-2-23-19(22)18-11-16-8-3-4-9-17(16)21(18)13-15-7-5-6-14(10-15)12-20/h3-11H,2,13H2,1H3. The number of carbonyl (C=O) groups excluding carboxylic acids is 1. The lowest BCUT2D eigenvalue weighted by Crippen LogP contribution is -2.12. The lowest BCUT2D eigenvalue weighted by Gasteiger charge is -2.10. The van der Waals surface area contributed by atoms with Crippen molar-refractivity contribution in [3.8, 4) is 6.07 Å². The minimum atomic E-state index is -0.333. The molecule has 0 saturated heterocycles. The Labute approximate surface area is 134 Å². The smallest absolute Gasteiger partial charge is 0.354 e. The molecule has 0 spiro atoms. The van der Waals surface area contributed by atoms with Crippen molar-refractivity contribution in [3.05, 3.63) is 71.4 Å². The van der Waals surface area contributed by atoms with Crippen LogP contribution in [-0.4, -0.2) is 17.1 Å². The van der Waals surface area contributed by atoms with Crippen LogP contribution in [0.4, 0.5) is 0 Å². The van der Waals surface area contributed by atoms with Gasteiger partial charge < -0.3 is 9.30 Å². The third-order valence-electron chi connectivity index (χ3n) is 3.69. The first-order valence-corrected chi connectivity index (χ1v) is 7.47. The Hall–Kier alpha value is -3.06. The predicted octanol–water partition coefficient (Wildman–Crippen LogP) is 3.74. The normalized spacial score (nSPS) is 10.4. The lowest BCUT2D eigenvalue weighted by molar-refractivity contribution is 0.0515. The first kappa shape index (κ1) is 14.9. The molecule has 2 aromatic carbocycles. The Balaban J connectivity index is 2.09. The van der Waals surface area contributed by atoms with E-state index < -0.39 is 0 Å². The third-order valence-corrected chi connectivity index (χ3v) is 3.69. The molecule has 4 nitrogen and oxygen atoms in total. The van der Waals surface area contributed by atoms with Crippen LogP contribution in [0.15, 0.2) is 54.6 Å². The molecule has 0 N–H and O–H groups in total. The van der Waals surface area contributed by atoms with Crippen LogP contribution in [0.2, 0.25) is 0 Å². The number of carbonyl (C=O) groups is 1. The van der Waals surface area contributed by atoms with E-state index in [1.807, 2.05) is 53.1 Å². The fraction of sp³-hybridized carbons (Fsp3) is 0.158. The van der Waals surface area contributed by atoms with Gasteiger partial charge in [0.15, 0.2) is 0 Å². The summed E-state index contributed by atoms with van der Waals surface area (Å²) in [7, 11) is 0. The van der Waals surface area contributed by atoms with Gasteiger partial charge in [-0.05, 0) is 36.8 Å². The summed E-state index contributed by atoms with van der Waals surface area (Å²) in [5, 5.41) is 10.0. The van der Waals surface area contributed by atoms with Gasteiger partial charge in [-0.3, -0.25) is 0 Å². The maximum Gasteiger partial charge on any atom is 0.354 e. The number of nitriles is 1. The second kappa shape index (κ2) is 6.37. The number of ether oxygens (including phenoxy) is 1. The summed E-state index contributed by atoms with van der Waals surface area (Å²) in [6.45, 7) is 2.64. The molecule has 0 aliphatic carbocycles. The van der Waals surface area contributed by atoms with E-state index in [0.29, 0.717) is 24.4 Å². The summed E-state index contributed by atoms with van der Waals surface area (Å²) in [4.78, 5) is 12.3. The van der Waals surface area contributed by atoms with Gasteiger partial charge in [0.1, 0.15) is 5.69 Å². The summed E-state index contributed by atoms with van der Waals surface area (Å²) >= 11 is 0. The van der Waals surface area contributed by atoms with Crippen molar-refractivity contribution < 1.29 is 9.53 Å². The molecule has 3 rings (SSSR count). The van der Waals surface area contributed by atoms with Gasteiger partial charge in [0, 0.05) is 17.4 Å². The van der Waals surface area contributed by atoms with Crippen molar-refractivity contribution >= 4 is 16.9 Å². The van der Waals surface area contributed by atoms with Crippen LogP contribution in [0.1, 0.15) is 28.5 Å². The molecule has 3 aromatic rings. The molecular formula is C19H16N2O2. The van der Waals surface area contributed by atoms with Crippen molar-refractivity contribution in [2.45, 2.75) is 13.5 Å². The number of fused-ring (bicyclic) bond motifs is 1. The maximum absolute atomic E-state index is 12.3. The Morgan fingerprint density at radius 1 is 1.17 bits per heavy atom. The molecule has 114 valence electrons. The fourth-order valence-corrected chi connectivity index (χ4v) is 2.68. The largest absolute Gasteiger partial charge is 0.461 e. The number of esters is 1. The van der Waals surface area contributed by atoms with Crippen LogP contribution in [0, 0.1) is 11.3 Å². The lowest BCUT2D eigenvalue weighted by atomic mass is 10.1. The molecule has 0 aliphatic rings. The van der Waals surface area contributed by atoms with E-state index in [4.69, 9.17) is 10.00 Å². The monoisotopic (exact) mass is 304 g/mol. The highest BCUT2D eigenvalue weighted by Gasteiger charge is 2.16. The zero-order valence-corrected chi connectivity index (χ0v) is 12.8. The number of hydrogen-bond acceptors (Lipinski definition) is 3. The van der Waals surface area contributed by atoms with Gasteiger partial charge in [0.25, 0.3) is 0 Å². The van der Waals surface area contributed by atoms with Gasteiger partial charge in [0.05, 0.1) is 18.2 Å². The number of aromatic nitrogens is 1. The van der Waals surface area contributed by atoms with Crippen LogP contribution in [0.25, 0.3) is 10.9 Å². The quantitative estimate of drug-likeness (QED) is 0.690. The van der Waals surface area contributed by atoms with Gasteiger partial charge >= 0.3 is 5.97 Å². The molecule has 0 unspecified atom stereocenters. The highest BCUT2D eigenvalue weighted by Crippen LogP contribution is 2.22. The molecule has 1 aromatic heterocycles. The van der Waals surface area contributed by atoms with Crippen LogP contribution in [0.5, 0.6) is 0 Å². The van der Waals surface area contributed by atoms with E-state index in [1.165, 1.54) is 0 Å². The number of benzene rings is 2. The Bertz CT molecular complexity index is 903. The van der Waals surface area contributed by atoms with Gasteiger partial charge in [-0.2, -0.15) is 5.26 Å². The SMILES string of the molecule is CCOC(=O)c1cc2ccccc2n1Cc1cccc(C#N)c1. The minimum absolute atomic E-state index is 0.333. The zero-order valence-electron chi connectivity index (χ0n) is 12.8. The fourth-order valence-electron chi connectivity index (χ4n) is 2.68. The third kappa shape index (κ3) is 2.95. The molecular weight excluding hydrogens is 288 g/mol. The molecule has 0 atom stereocenters. The summed E-state index contributed by atoms with van der Waals surface area (Å²) in [6.07, 6.45) is 0. The van der Waals surface area contributed by atoms with E-state index in [0.717, 1.165) is 16.5 Å². The molecule has 0 radical (unpaired) electrons. The Morgan fingerprint density at radius 3 is 2.78 bits per heavy atom. The molecule has 0 saturated carbocycles. The topological polar surface area (TPSA) is 55.0 Å². The molecule has 0 bridgehead atoms. The van der Waals surface area contributed by atoms with Crippen molar-refractivity contribution in [2.75, 3.05) is 6.61 Å². The number of para-hydroxylation sites is 1. The van der Waals surface area contributed by atoms with Crippen molar-refractivity contribution in [2.24, 2.45) is 0 Å². The number of rotatable bonds is 4. The first-order valence-electron chi connectivity index (χ1n) is 7.47. The average Bonchev–Trinajstić information content (AvgIpc) is 2.94. The van der Waals surface area contributed by atoms with Crippen LogP contribution >= 0.6 is 0 Å². The molecule has 23 heavy (non-hydrogen) atoms. The Morgan fingerprint density at radius 2 is 2.00 bits per heavy atom. The summed E-state index contributed by atoms with van der Waals surface area (Å²) < 4.78 is 7.10. The molecule has 0 amide bonds. The first-order chi connectivity index (χ1) is 11.2. The van der Waals surface area contributed by atoms with E-state index in [1.54, 1.807) is 13.0 Å².